The van der Waals surface area contributed by atoms with Crippen LogP contribution in [-0.4, -0.2) is 6.61 Å². The maximum atomic E-state index is 12.6. The van der Waals surface area contributed by atoms with Gasteiger partial charge in [-0.15, -0.1) is 0 Å². The van der Waals surface area contributed by atoms with Gasteiger partial charge in [0.1, 0.15) is 5.82 Å². The number of hydrogen-bond acceptors (Lipinski definition) is 2. The molecular formula is C13H13FOS. The van der Waals surface area contributed by atoms with E-state index in [-0.39, 0.29) is 5.82 Å². The van der Waals surface area contributed by atoms with Crippen molar-refractivity contribution in [1.29, 1.82) is 0 Å². The minimum atomic E-state index is -0.206. The van der Waals surface area contributed by atoms with Crippen LogP contribution >= 0.6 is 11.3 Å². The third-order valence-electron chi connectivity index (χ3n) is 2.30. The van der Waals surface area contributed by atoms with Crippen LogP contribution in [0, 0.1) is 5.82 Å². The van der Waals surface area contributed by atoms with Gasteiger partial charge in [-0.1, -0.05) is 12.1 Å². The monoisotopic (exact) mass is 236 g/mol. The zero-order chi connectivity index (χ0) is 11.2. The van der Waals surface area contributed by atoms with Gasteiger partial charge in [0.2, 0.25) is 0 Å². The van der Waals surface area contributed by atoms with E-state index < -0.39 is 0 Å². The molecule has 16 heavy (non-hydrogen) atoms. The first kappa shape index (κ1) is 11.3. The van der Waals surface area contributed by atoms with Crippen LogP contribution in [0.25, 0.3) is 0 Å². The van der Waals surface area contributed by atoms with Crippen LogP contribution in [0.4, 0.5) is 4.39 Å². The molecule has 0 N–H and O–H groups in total. The fraction of sp³-hybridized carbons (Fsp3) is 0.231. The molecule has 0 spiro atoms. The minimum absolute atomic E-state index is 0.206. The van der Waals surface area contributed by atoms with Crippen LogP contribution in [-0.2, 0) is 17.8 Å². The molecule has 84 valence electrons. The van der Waals surface area contributed by atoms with Gasteiger partial charge in [-0.2, -0.15) is 11.3 Å². The zero-order valence-corrected chi connectivity index (χ0v) is 9.67. The van der Waals surface area contributed by atoms with Crippen molar-refractivity contribution < 1.29 is 9.13 Å². The van der Waals surface area contributed by atoms with Gasteiger partial charge in [0, 0.05) is 0 Å². The summed E-state index contributed by atoms with van der Waals surface area (Å²) in [5, 5.41) is 4.19. The largest absolute Gasteiger partial charge is 0.376 e. The number of hydrogen-bond donors (Lipinski definition) is 0. The second-order valence-electron chi connectivity index (χ2n) is 3.56. The van der Waals surface area contributed by atoms with E-state index in [0.29, 0.717) is 13.2 Å². The van der Waals surface area contributed by atoms with Gasteiger partial charge in [-0.05, 0) is 46.5 Å². The molecule has 2 rings (SSSR count). The minimum Gasteiger partial charge on any atom is -0.376 e. The highest BCUT2D eigenvalue weighted by Gasteiger charge is 1.96. The van der Waals surface area contributed by atoms with Crippen molar-refractivity contribution in [2.24, 2.45) is 0 Å². The highest BCUT2D eigenvalue weighted by molar-refractivity contribution is 7.07. The average Bonchev–Trinajstić information content (AvgIpc) is 2.80. The van der Waals surface area contributed by atoms with Crippen LogP contribution < -0.4 is 0 Å². The lowest BCUT2D eigenvalue weighted by molar-refractivity contribution is 0.124. The maximum absolute atomic E-state index is 12.6. The molecule has 1 aromatic carbocycles. The molecule has 2 aromatic rings. The second kappa shape index (κ2) is 5.77. The van der Waals surface area contributed by atoms with Gasteiger partial charge in [0.05, 0.1) is 13.2 Å². The molecule has 1 nitrogen and oxygen atoms in total. The molecule has 1 aromatic heterocycles. The van der Waals surface area contributed by atoms with Crippen molar-refractivity contribution in [3.63, 3.8) is 0 Å². The van der Waals surface area contributed by atoms with E-state index >= 15 is 0 Å². The van der Waals surface area contributed by atoms with Gasteiger partial charge >= 0.3 is 0 Å². The first-order chi connectivity index (χ1) is 7.84. The zero-order valence-electron chi connectivity index (χ0n) is 8.86. The van der Waals surface area contributed by atoms with E-state index in [1.165, 1.54) is 17.7 Å². The maximum Gasteiger partial charge on any atom is 0.123 e. The Bertz CT molecular complexity index is 408. The van der Waals surface area contributed by atoms with E-state index in [1.54, 1.807) is 23.5 Å². The number of benzene rings is 1. The smallest absolute Gasteiger partial charge is 0.123 e. The molecule has 0 amide bonds. The summed E-state index contributed by atoms with van der Waals surface area (Å²) < 4.78 is 18.1. The van der Waals surface area contributed by atoms with Gasteiger partial charge in [0.15, 0.2) is 0 Å². The van der Waals surface area contributed by atoms with Crippen LogP contribution in [0.3, 0.4) is 0 Å². The summed E-state index contributed by atoms with van der Waals surface area (Å²) in [4.78, 5) is 0. The number of rotatable bonds is 5. The van der Waals surface area contributed by atoms with E-state index in [9.17, 15) is 4.39 Å². The number of thiophene rings is 1. The SMILES string of the molecule is Fc1ccc(COCCc2ccsc2)cc1. The van der Waals surface area contributed by atoms with E-state index in [1.807, 2.05) is 0 Å². The molecule has 1 heterocycles. The summed E-state index contributed by atoms with van der Waals surface area (Å²) in [5.74, 6) is -0.206. The Morgan fingerprint density at radius 3 is 2.56 bits per heavy atom. The summed E-state index contributed by atoms with van der Waals surface area (Å²) in [6.07, 6.45) is 0.935. The van der Waals surface area contributed by atoms with Crippen molar-refractivity contribution in [3.05, 3.63) is 58.0 Å². The summed E-state index contributed by atoms with van der Waals surface area (Å²) in [6, 6.07) is 8.51. The Kier molecular flexibility index (Phi) is 4.08. The van der Waals surface area contributed by atoms with Crippen molar-refractivity contribution >= 4 is 11.3 Å². The molecule has 0 saturated heterocycles. The molecule has 3 heteroatoms. The molecule has 0 fully saturated rings. The van der Waals surface area contributed by atoms with E-state index in [2.05, 4.69) is 16.8 Å². The topological polar surface area (TPSA) is 9.23 Å². The molecule has 0 aliphatic rings. The molecule has 0 saturated carbocycles. The standard InChI is InChI=1S/C13H13FOS/c14-13-3-1-11(2-4-13)9-15-7-5-12-6-8-16-10-12/h1-4,6,8,10H,5,7,9H2. The van der Waals surface area contributed by atoms with Gasteiger partial charge in [-0.3, -0.25) is 0 Å². The van der Waals surface area contributed by atoms with Crippen LogP contribution in [0.15, 0.2) is 41.1 Å². The fourth-order valence-electron chi connectivity index (χ4n) is 1.40. The quantitative estimate of drug-likeness (QED) is 0.720. The summed E-state index contributed by atoms with van der Waals surface area (Å²) in [7, 11) is 0. The Morgan fingerprint density at radius 1 is 1.06 bits per heavy atom. The molecule has 0 radical (unpaired) electrons. The fourth-order valence-corrected chi connectivity index (χ4v) is 2.10. The van der Waals surface area contributed by atoms with E-state index in [4.69, 9.17) is 4.74 Å². The van der Waals surface area contributed by atoms with Gasteiger partial charge in [-0.25, -0.2) is 4.39 Å². The average molecular weight is 236 g/mol. The van der Waals surface area contributed by atoms with Gasteiger partial charge in [0.25, 0.3) is 0 Å². The predicted molar refractivity (Wildman–Crippen MR) is 64.1 cm³/mol. The second-order valence-corrected chi connectivity index (χ2v) is 4.34. The molecule has 0 atom stereocenters. The van der Waals surface area contributed by atoms with Gasteiger partial charge < -0.3 is 4.74 Å². The molecule has 0 aliphatic carbocycles. The van der Waals surface area contributed by atoms with E-state index in [0.717, 1.165) is 12.0 Å². The highest BCUT2D eigenvalue weighted by atomic mass is 32.1. The van der Waals surface area contributed by atoms with Crippen molar-refractivity contribution in [1.82, 2.24) is 0 Å². The Balaban J connectivity index is 1.70. The first-order valence-corrected chi connectivity index (χ1v) is 6.12. The van der Waals surface area contributed by atoms with Crippen molar-refractivity contribution in [2.75, 3.05) is 6.61 Å². The Labute approximate surface area is 98.5 Å². The Hall–Kier alpha value is -1.19. The lowest BCUT2D eigenvalue weighted by Gasteiger charge is -2.03. The summed E-state index contributed by atoms with van der Waals surface area (Å²) in [6.45, 7) is 1.25. The molecule has 0 aliphatic heterocycles. The summed E-state index contributed by atoms with van der Waals surface area (Å²) >= 11 is 1.70. The molecular weight excluding hydrogens is 223 g/mol. The van der Waals surface area contributed by atoms with Crippen molar-refractivity contribution in [2.45, 2.75) is 13.0 Å². The third kappa shape index (κ3) is 3.43. The van der Waals surface area contributed by atoms with Crippen LogP contribution in [0.2, 0.25) is 0 Å². The van der Waals surface area contributed by atoms with Crippen LogP contribution in [0.5, 0.6) is 0 Å². The number of halogens is 1. The van der Waals surface area contributed by atoms with Crippen molar-refractivity contribution in [3.8, 4) is 0 Å². The Morgan fingerprint density at radius 2 is 1.88 bits per heavy atom. The number of ether oxygens (including phenoxy) is 1. The normalized spacial score (nSPS) is 10.6. The molecule has 0 unspecified atom stereocenters. The lowest BCUT2D eigenvalue weighted by Crippen LogP contribution is -1.98. The first-order valence-electron chi connectivity index (χ1n) is 5.18. The third-order valence-corrected chi connectivity index (χ3v) is 3.03. The lowest BCUT2D eigenvalue weighted by atomic mass is 10.2. The predicted octanol–water partition coefficient (Wildman–Crippen LogP) is 3.65. The highest BCUT2D eigenvalue weighted by Crippen LogP contribution is 2.08. The molecule has 0 bridgehead atoms. The summed E-state index contributed by atoms with van der Waals surface area (Å²) in [5.41, 5.74) is 2.32. The van der Waals surface area contributed by atoms with Crippen LogP contribution in [0.1, 0.15) is 11.1 Å².